The van der Waals surface area contributed by atoms with E-state index in [4.69, 9.17) is 0 Å². The van der Waals surface area contributed by atoms with E-state index in [1.54, 1.807) is 0 Å². The SMILES string of the molecule is C#C.C=C/C=C\C(=C/C)c1ccc(-c2ccc3c4c(c(/C(=C\C(=C)c5ccc6c(c5)CC=C6)C\C=C/C(/C=C\C)=C(\C)C=C)ccc24)C3)cc1.CC.CC.CC. The molecule has 0 amide bonds. The summed E-state index contributed by atoms with van der Waals surface area (Å²) in [6, 6.07) is 25.0. The van der Waals surface area contributed by atoms with Crippen LogP contribution in [0.3, 0.4) is 0 Å². The van der Waals surface area contributed by atoms with Crippen molar-refractivity contribution in [2.75, 3.05) is 0 Å². The molecule has 56 heavy (non-hydrogen) atoms. The van der Waals surface area contributed by atoms with Crippen LogP contribution in [0.2, 0.25) is 0 Å². The first kappa shape index (κ1) is 46.3. The lowest BCUT2D eigenvalue weighted by Gasteiger charge is -2.27. The molecule has 0 aliphatic heterocycles. The van der Waals surface area contributed by atoms with Gasteiger partial charge in [-0.15, -0.1) is 12.8 Å². The summed E-state index contributed by atoms with van der Waals surface area (Å²) in [4.78, 5) is 0. The van der Waals surface area contributed by atoms with Crippen LogP contribution in [-0.4, -0.2) is 0 Å². The van der Waals surface area contributed by atoms with Crippen LogP contribution in [0.25, 0.3) is 44.7 Å². The average molecular weight is 737 g/mol. The van der Waals surface area contributed by atoms with Crippen molar-refractivity contribution in [2.45, 2.75) is 81.6 Å². The molecule has 0 fully saturated rings. The third-order valence-corrected chi connectivity index (χ3v) is 9.58. The second-order valence-corrected chi connectivity index (χ2v) is 12.5. The van der Waals surface area contributed by atoms with Gasteiger partial charge in [0.05, 0.1) is 0 Å². The Morgan fingerprint density at radius 3 is 2.12 bits per heavy atom. The minimum absolute atomic E-state index is 0.805. The summed E-state index contributed by atoms with van der Waals surface area (Å²) in [6.45, 7) is 30.6. The highest BCUT2D eigenvalue weighted by Crippen LogP contribution is 2.44. The van der Waals surface area contributed by atoms with Gasteiger partial charge in [-0.05, 0) is 129 Å². The van der Waals surface area contributed by atoms with Gasteiger partial charge in [-0.3, -0.25) is 0 Å². The van der Waals surface area contributed by atoms with E-state index < -0.39 is 0 Å². The van der Waals surface area contributed by atoms with Crippen LogP contribution in [0.1, 0.15) is 108 Å². The molecule has 0 saturated carbocycles. The van der Waals surface area contributed by atoms with Gasteiger partial charge in [0.1, 0.15) is 0 Å². The Labute approximate surface area is 341 Å². The Morgan fingerprint density at radius 2 is 1.48 bits per heavy atom. The third kappa shape index (κ3) is 11.1. The number of allylic oxidation sites excluding steroid dienone is 16. The number of benzene rings is 4. The average Bonchev–Trinajstić information content (AvgIpc) is 3.73. The molecule has 288 valence electrons. The van der Waals surface area contributed by atoms with Crippen LogP contribution in [-0.2, 0) is 12.8 Å². The second-order valence-electron chi connectivity index (χ2n) is 12.5. The van der Waals surface area contributed by atoms with E-state index in [0.29, 0.717) is 0 Å². The fourth-order valence-corrected chi connectivity index (χ4v) is 6.86. The van der Waals surface area contributed by atoms with Gasteiger partial charge in [0.15, 0.2) is 0 Å². The van der Waals surface area contributed by atoms with Crippen molar-refractivity contribution in [2.24, 2.45) is 0 Å². The summed E-state index contributed by atoms with van der Waals surface area (Å²) >= 11 is 0. The highest BCUT2D eigenvalue weighted by Gasteiger charge is 2.24. The van der Waals surface area contributed by atoms with Crippen molar-refractivity contribution in [3.8, 4) is 24.0 Å². The molecule has 2 aliphatic carbocycles. The summed E-state index contributed by atoms with van der Waals surface area (Å²) < 4.78 is 0. The van der Waals surface area contributed by atoms with Crippen LogP contribution in [0, 0.1) is 12.8 Å². The first-order valence-electron chi connectivity index (χ1n) is 20.2. The normalized spacial score (nSPS) is 12.8. The molecule has 6 rings (SSSR count). The molecule has 0 spiro atoms. The van der Waals surface area contributed by atoms with Gasteiger partial charge in [0, 0.05) is 0 Å². The third-order valence-electron chi connectivity index (χ3n) is 9.58. The first-order valence-corrected chi connectivity index (χ1v) is 20.2. The highest BCUT2D eigenvalue weighted by molar-refractivity contribution is 6.06. The number of rotatable bonds is 12. The van der Waals surface area contributed by atoms with Crippen molar-refractivity contribution in [1.29, 1.82) is 0 Å². The summed E-state index contributed by atoms with van der Waals surface area (Å²) in [5, 5.41) is 2.72. The summed E-state index contributed by atoms with van der Waals surface area (Å²) in [5.41, 5.74) is 17.6. The molecule has 0 heteroatoms. The van der Waals surface area contributed by atoms with E-state index >= 15 is 0 Å². The number of hydrogen-bond acceptors (Lipinski definition) is 0. The zero-order chi connectivity index (χ0) is 41.6. The lowest BCUT2D eigenvalue weighted by Crippen LogP contribution is -2.08. The van der Waals surface area contributed by atoms with Crippen LogP contribution in [0.15, 0.2) is 164 Å². The lowest BCUT2D eigenvalue weighted by molar-refractivity contribution is 1.14. The van der Waals surface area contributed by atoms with Crippen molar-refractivity contribution < 1.29 is 0 Å². The summed E-state index contributed by atoms with van der Waals surface area (Å²) in [5.74, 6) is 0. The molecule has 0 heterocycles. The Balaban J connectivity index is 0.00000127. The molecule has 2 aliphatic rings. The topological polar surface area (TPSA) is 0 Å². The van der Waals surface area contributed by atoms with E-state index in [-0.39, 0.29) is 0 Å². The molecular formula is C56H64. The predicted molar refractivity (Wildman–Crippen MR) is 257 cm³/mol. The molecule has 4 aromatic carbocycles. The zero-order valence-electron chi connectivity index (χ0n) is 35.7. The minimum Gasteiger partial charge on any atom is -0.124 e. The van der Waals surface area contributed by atoms with Crippen LogP contribution >= 0.6 is 0 Å². The van der Waals surface area contributed by atoms with Gasteiger partial charge in [0.2, 0.25) is 0 Å². The van der Waals surface area contributed by atoms with E-state index in [0.717, 1.165) is 24.8 Å². The Kier molecular flexibility index (Phi) is 20.2. The molecule has 0 N–H and O–H groups in total. The van der Waals surface area contributed by atoms with Crippen LogP contribution in [0.5, 0.6) is 0 Å². The summed E-state index contributed by atoms with van der Waals surface area (Å²) in [7, 11) is 0. The molecule has 0 radical (unpaired) electrons. The molecule has 0 atom stereocenters. The van der Waals surface area contributed by atoms with Crippen molar-refractivity contribution in [3.63, 3.8) is 0 Å². The smallest absolute Gasteiger partial charge is 0.000718 e. The van der Waals surface area contributed by atoms with Gasteiger partial charge in [-0.2, -0.15) is 0 Å². The number of terminal acetylenes is 1. The Bertz CT molecular complexity index is 2190. The predicted octanol–water partition coefficient (Wildman–Crippen LogP) is 16.6. The molecule has 0 nitrogen and oxygen atoms in total. The number of fused-ring (bicyclic) bond motifs is 1. The fraction of sp³-hybridized carbons (Fsp3) is 0.214. The maximum atomic E-state index is 4.57. The Morgan fingerprint density at radius 1 is 0.786 bits per heavy atom. The molecular weight excluding hydrogens is 673 g/mol. The van der Waals surface area contributed by atoms with E-state index in [9.17, 15) is 0 Å². The maximum absolute atomic E-state index is 4.57. The summed E-state index contributed by atoms with van der Waals surface area (Å²) in [6.07, 6.45) is 36.2. The van der Waals surface area contributed by atoms with Crippen LogP contribution in [0.4, 0.5) is 0 Å². The Hall–Kier alpha value is -5.90. The van der Waals surface area contributed by atoms with Gasteiger partial charge < -0.3 is 0 Å². The van der Waals surface area contributed by atoms with E-state index in [2.05, 4.69) is 175 Å². The second kappa shape index (κ2) is 24.5. The van der Waals surface area contributed by atoms with Crippen LogP contribution < -0.4 is 0 Å². The van der Waals surface area contributed by atoms with Gasteiger partial charge in [-0.1, -0.05) is 201 Å². The van der Waals surface area contributed by atoms with E-state index in [1.807, 2.05) is 59.8 Å². The van der Waals surface area contributed by atoms with Crippen molar-refractivity contribution in [3.05, 3.63) is 203 Å². The molecule has 0 unspecified atom stereocenters. The standard InChI is InChI=1S/C48H44.3C2H6.C2H2/c1-7-11-15-35(10-4)38-20-23-39(24-21-38)44-27-26-43-32-47-45(28-29-46(44)48(43)47)42(19-12-16-36(14-8-2)33(5)9-3)30-34(6)40-25-22-37-17-13-18-41(37)31-40;4*1-2/h7-17,20-31H,1,3,6,18-19,32H2,2,4-5H3;3*1-2H3;1-2H/b14-8-,15-11-,16-12-,35-10+,36-33+,42-30-;;;;. The largest absolute Gasteiger partial charge is 0.124 e. The quantitative estimate of drug-likeness (QED) is 0.0884. The van der Waals surface area contributed by atoms with Crippen molar-refractivity contribution in [1.82, 2.24) is 0 Å². The van der Waals surface area contributed by atoms with Gasteiger partial charge in [-0.25, -0.2) is 0 Å². The van der Waals surface area contributed by atoms with Crippen molar-refractivity contribution >= 4 is 33.6 Å². The monoisotopic (exact) mass is 737 g/mol. The van der Waals surface area contributed by atoms with Gasteiger partial charge in [0.25, 0.3) is 0 Å². The zero-order valence-corrected chi connectivity index (χ0v) is 35.7. The number of hydrogen-bond donors (Lipinski definition) is 0. The maximum Gasteiger partial charge on any atom is -0.000718 e. The fourth-order valence-electron chi connectivity index (χ4n) is 6.86. The first-order chi connectivity index (χ1) is 27.4. The minimum atomic E-state index is 0.805. The molecule has 4 aromatic rings. The van der Waals surface area contributed by atoms with E-state index in [1.165, 1.54) is 83.1 Å². The highest BCUT2D eigenvalue weighted by atomic mass is 14.3. The lowest BCUT2D eigenvalue weighted by atomic mass is 9.77. The van der Waals surface area contributed by atoms with Gasteiger partial charge >= 0.3 is 0 Å². The molecule has 0 bridgehead atoms. The molecule has 0 saturated heterocycles. The molecule has 0 aromatic heterocycles.